The zero-order chi connectivity index (χ0) is 34.0. The van der Waals surface area contributed by atoms with Gasteiger partial charge in [0.05, 0.1) is 24.4 Å². The summed E-state index contributed by atoms with van der Waals surface area (Å²) < 4.78 is 62.3. The van der Waals surface area contributed by atoms with Crippen molar-refractivity contribution < 1.29 is 31.9 Å². The molecule has 2 aromatic heterocycles. The molecule has 7 rings (SSSR count). The fourth-order valence-electron chi connectivity index (χ4n) is 6.63. The van der Waals surface area contributed by atoms with Gasteiger partial charge >= 0.3 is 6.18 Å². The van der Waals surface area contributed by atoms with Crippen molar-refractivity contribution in [3.05, 3.63) is 64.2 Å². The number of nitrogens with zero attached hydrogens (tertiary/aromatic N) is 5. The van der Waals surface area contributed by atoms with Gasteiger partial charge in [-0.3, -0.25) is 14.6 Å². The van der Waals surface area contributed by atoms with Crippen LogP contribution in [0.4, 0.5) is 23.2 Å². The van der Waals surface area contributed by atoms with Crippen LogP contribution in [0.25, 0.3) is 11.1 Å². The van der Waals surface area contributed by atoms with Crippen molar-refractivity contribution >= 4 is 23.3 Å². The molecule has 0 atom stereocenters. The Labute approximate surface area is 274 Å². The van der Waals surface area contributed by atoms with Crippen LogP contribution in [0.3, 0.4) is 0 Å². The molecule has 3 fully saturated rings. The van der Waals surface area contributed by atoms with E-state index < -0.39 is 29.1 Å². The third-order valence-electron chi connectivity index (χ3n) is 9.47. The number of nitrogens with one attached hydrogen (secondary N) is 1. The van der Waals surface area contributed by atoms with Gasteiger partial charge in [0.25, 0.3) is 5.91 Å². The molecule has 2 aliphatic heterocycles. The fraction of sp³-hybridized carbons (Fsp3) is 0.471. The monoisotopic (exact) mass is 665 g/mol. The lowest BCUT2D eigenvalue weighted by molar-refractivity contribution is -0.141. The summed E-state index contributed by atoms with van der Waals surface area (Å²) in [7, 11) is 0. The molecule has 3 N–H and O–H groups in total. The molecule has 1 aromatic carbocycles. The van der Waals surface area contributed by atoms with E-state index in [2.05, 4.69) is 20.3 Å². The second-order valence-electron chi connectivity index (χ2n) is 13.2. The smallest absolute Gasteiger partial charge is 0.433 e. The van der Waals surface area contributed by atoms with Gasteiger partial charge in [0.2, 0.25) is 5.91 Å². The molecule has 10 nitrogen and oxygen atoms in total. The number of anilines is 1. The van der Waals surface area contributed by atoms with E-state index in [4.69, 9.17) is 15.5 Å². The molecule has 2 amide bonds. The highest BCUT2D eigenvalue weighted by Crippen LogP contribution is 2.44. The third kappa shape index (κ3) is 6.19. The molecule has 1 spiro atoms. The number of amidine groups is 1. The molecule has 48 heavy (non-hydrogen) atoms. The zero-order valence-corrected chi connectivity index (χ0v) is 26.6. The minimum absolute atomic E-state index is 0.103. The quantitative estimate of drug-likeness (QED) is 0.310. The number of carbonyl (C=O) groups excluding carboxylic acids is 2. The van der Waals surface area contributed by atoms with Gasteiger partial charge in [-0.15, -0.1) is 0 Å². The van der Waals surface area contributed by atoms with Crippen molar-refractivity contribution in [3.8, 4) is 16.9 Å². The summed E-state index contributed by atoms with van der Waals surface area (Å²) in [5, 5.41) is 2.83. The second kappa shape index (κ2) is 11.8. The van der Waals surface area contributed by atoms with Crippen molar-refractivity contribution in [2.75, 3.05) is 24.6 Å². The van der Waals surface area contributed by atoms with Crippen LogP contribution in [0.15, 0.2) is 29.3 Å². The lowest BCUT2D eigenvalue weighted by Gasteiger charge is -2.37. The number of hydrogen-bond acceptors (Lipinski definition) is 8. The maximum Gasteiger partial charge on any atom is 0.433 e. The minimum atomic E-state index is -4.58. The van der Waals surface area contributed by atoms with E-state index >= 15 is 4.39 Å². The number of aliphatic imine (C=N–C) groups is 1. The molecule has 1 saturated heterocycles. The molecule has 252 valence electrons. The van der Waals surface area contributed by atoms with Gasteiger partial charge in [-0.05, 0) is 88.1 Å². The van der Waals surface area contributed by atoms with Crippen molar-refractivity contribution in [2.45, 2.75) is 76.4 Å². The van der Waals surface area contributed by atoms with Crippen molar-refractivity contribution in [1.82, 2.24) is 20.3 Å². The molecular formula is C34H35F4N7O3. The van der Waals surface area contributed by atoms with E-state index in [1.807, 2.05) is 11.0 Å². The van der Waals surface area contributed by atoms with E-state index in [0.29, 0.717) is 83.7 Å². The lowest BCUT2D eigenvalue weighted by Crippen LogP contribution is -2.49. The summed E-state index contributed by atoms with van der Waals surface area (Å²) in [6, 6.07) is 5.52. The summed E-state index contributed by atoms with van der Waals surface area (Å²) in [5.74, 6) is -0.466. The predicted octanol–water partition coefficient (Wildman–Crippen LogP) is 4.92. The van der Waals surface area contributed by atoms with Crippen molar-refractivity contribution in [2.24, 2.45) is 16.6 Å². The van der Waals surface area contributed by atoms with Gasteiger partial charge in [-0.1, -0.05) is 0 Å². The predicted molar refractivity (Wildman–Crippen MR) is 168 cm³/mol. The largest absolute Gasteiger partial charge is 0.488 e. The minimum Gasteiger partial charge on any atom is -0.488 e. The van der Waals surface area contributed by atoms with Crippen LogP contribution in [0.1, 0.15) is 78.6 Å². The molecule has 4 aliphatic rings. The van der Waals surface area contributed by atoms with Gasteiger partial charge in [0.1, 0.15) is 22.9 Å². The Bertz CT molecular complexity index is 1820. The Hall–Kier alpha value is -4.62. The number of rotatable bonds is 9. The molecule has 3 aromatic rings. The number of benzene rings is 1. The van der Waals surface area contributed by atoms with Crippen LogP contribution in [0, 0.1) is 25.6 Å². The maximum absolute atomic E-state index is 15.9. The molecule has 0 radical (unpaired) electrons. The van der Waals surface area contributed by atoms with Gasteiger partial charge in [-0.25, -0.2) is 19.3 Å². The number of aryl methyl sites for hydroxylation is 2. The number of pyridine rings is 1. The number of amides is 2. The molecule has 4 heterocycles. The Morgan fingerprint density at radius 3 is 2.35 bits per heavy atom. The van der Waals surface area contributed by atoms with Crippen LogP contribution < -0.4 is 20.7 Å². The molecule has 14 heteroatoms. The standard InChI is InChI=1S/C34H35F4N7O3/c1-17-28(18(2)41-27(40-17)15-26(39)46)21-13-23(35)30(48-16-19-3-4-19)24(14-21)45-11-9-33(10-12-45)32(47)43-31(44-33)22-7-8-25(34(36,37)38)42-29(22)20-5-6-20/h7-8,13-14,19-20H,3-6,9-12,15-16H2,1-2H3,(H2,39,46)(H,43,44,47). The van der Waals surface area contributed by atoms with Crippen molar-refractivity contribution in [1.29, 1.82) is 0 Å². The van der Waals surface area contributed by atoms with Crippen LogP contribution in [-0.2, 0) is 22.2 Å². The number of nitrogens with two attached hydrogens (primary N) is 1. The van der Waals surface area contributed by atoms with E-state index in [1.54, 1.807) is 13.8 Å². The van der Waals surface area contributed by atoms with Crippen LogP contribution in [0.2, 0.25) is 0 Å². The van der Waals surface area contributed by atoms with E-state index in [-0.39, 0.29) is 29.8 Å². The molecule has 0 unspecified atom stereocenters. The number of piperidine rings is 1. The second-order valence-corrected chi connectivity index (χ2v) is 13.2. The first-order valence-electron chi connectivity index (χ1n) is 16.2. The topological polar surface area (TPSA) is 136 Å². The number of halogens is 4. The number of carbonyl (C=O) groups is 2. The Morgan fingerprint density at radius 1 is 1.06 bits per heavy atom. The lowest BCUT2D eigenvalue weighted by atomic mass is 9.87. The van der Waals surface area contributed by atoms with E-state index in [1.165, 1.54) is 12.1 Å². The molecule has 0 bridgehead atoms. The Morgan fingerprint density at radius 2 is 1.75 bits per heavy atom. The number of hydrogen-bond donors (Lipinski definition) is 2. The number of primary amides is 1. The van der Waals surface area contributed by atoms with Crippen LogP contribution in [-0.4, -0.2) is 57.8 Å². The highest BCUT2D eigenvalue weighted by Gasteiger charge is 2.47. The van der Waals surface area contributed by atoms with Crippen molar-refractivity contribution in [3.63, 3.8) is 0 Å². The summed E-state index contributed by atoms with van der Waals surface area (Å²) >= 11 is 0. The normalized spacial score (nSPS) is 19.0. The summed E-state index contributed by atoms with van der Waals surface area (Å²) in [6.45, 7) is 4.62. The summed E-state index contributed by atoms with van der Waals surface area (Å²) in [4.78, 5) is 44.5. The van der Waals surface area contributed by atoms with E-state index in [9.17, 15) is 22.8 Å². The maximum atomic E-state index is 15.9. The van der Waals surface area contributed by atoms with Gasteiger partial charge in [0.15, 0.2) is 11.6 Å². The SMILES string of the molecule is Cc1nc(CC(N)=O)nc(C)c1-c1cc(F)c(OCC2CC2)c(N2CCC3(CC2)N=C(c2ccc(C(F)(F)F)nc2C2CC2)NC3=O)c1. The average Bonchev–Trinajstić information content (AvgIpc) is 3.95. The van der Waals surface area contributed by atoms with Gasteiger partial charge in [-0.2, -0.15) is 13.2 Å². The van der Waals surface area contributed by atoms with Gasteiger partial charge in [0, 0.05) is 41.5 Å². The number of aromatic nitrogens is 3. The molecular weight excluding hydrogens is 630 g/mol. The first-order valence-corrected chi connectivity index (χ1v) is 16.2. The Kier molecular flexibility index (Phi) is 7.86. The third-order valence-corrected chi connectivity index (χ3v) is 9.47. The first-order chi connectivity index (χ1) is 22.8. The fourth-order valence-corrected chi connectivity index (χ4v) is 6.63. The molecule has 2 saturated carbocycles. The first kappa shape index (κ1) is 32.0. The number of alkyl halides is 3. The highest BCUT2D eigenvalue weighted by molar-refractivity contribution is 6.16. The summed E-state index contributed by atoms with van der Waals surface area (Å²) in [6.07, 6.45) is -0.577. The summed E-state index contributed by atoms with van der Waals surface area (Å²) in [5.41, 5.74) is 6.83. The van der Waals surface area contributed by atoms with Crippen LogP contribution >= 0.6 is 0 Å². The average molecular weight is 666 g/mol. The van der Waals surface area contributed by atoms with Gasteiger partial charge < -0.3 is 20.7 Å². The van der Waals surface area contributed by atoms with E-state index in [0.717, 1.165) is 31.7 Å². The highest BCUT2D eigenvalue weighted by atomic mass is 19.4. The zero-order valence-electron chi connectivity index (χ0n) is 26.6. The number of ether oxygens (including phenoxy) is 1. The molecule has 2 aliphatic carbocycles. The Balaban J connectivity index is 1.18. The van der Waals surface area contributed by atoms with Crippen LogP contribution in [0.5, 0.6) is 5.75 Å².